The fourth-order valence-electron chi connectivity index (χ4n) is 1.60. The van der Waals surface area contributed by atoms with Crippen molar-refractivity contribution >= 4 is 5.97 Å². The van der Waals surface area contributed by atoms with E-state index in [0.717, 1.165) is 5.56 Å². The van der Waals surface area contributed by atoms with Crippen molar-refractivity contribution in [3.05, 3.63) is 23.3 Å². The van der Waals surface area contributed by atoms with Gasteiger partial charge in [0.1, 0.15) is 17.1 Å². The Morgan fingerprint density at radius 1 is 1.35 bits per heavy atom. The maximum atomic E-state index is 11.1. The Balaban J connectivity index is 3.38. The lowest BCUT2D eigenvalue weighted by molar-refractivity contribution is 0.0693. The van der Waals surface area contributed by atoms with Crippen molar-refractivity contribution < 1.29 is 19.4 Å². The van der Waals surface area contributed by atoms with Gasteiger partial charge in [0.2, 0.25) is 0 Å². The van der Waals surface area contributed by atoms with Gasteiger partial charge < -0.3 is 20.3 Å². The summed E-state index contributed by atoms with van der Waals surface area (Å²) in [4.78, 5) is 11.1. The summed E-state index contributed by atoms with van der Waals surface area (Å²) in [6, 6.07) is 3.13. The smallest absolute Gasteiger partial charge is 0.339 e. The Morgan fingerprint density at radius 2 is 1.94 bits per heavy atom. The molecule has 0 heterocycles. The summed E-state index contributed by atoms with van der Waals surface area (Å²) in [5, 5.41) is 9.09. The Bertz CT molecular complexity index is 417. The van der Waals surface area contributed by atoms with E-state index in [1.165, 1.54) is 14.2 Å². The minimum absolute atomic E-state index is 0.0222. The summed E-state index contributed by atoms with van der Waals surface area (Å²) < 4.78 is 10.2. The average molecular weight is 239 g/mol. The molecule has 5 heteroatoms. The van der Waals surface area contributed by atoms with E-state index in [4.69, 9.17) is 20.3 Å². The van der Waals surface area contributed by atoms with Gasteiger partial charge in [-0.1, -0.05) is 6.92 Å². The quantitative estimate of drug-likeness (QED) is 0.813. The van der Waals surface area contributed by atoms with Crippen molar-refractivity contribution in [1.29, 1.82) is 0 Å². The lowest BCUT2D eigenvalue weighted by Gasteiger charge is -2.16. The van der Waals surface area contributed by atoms with Crippen LogP contribution in [-0.2, 0) is 0 Å². The number of nitrogens with two attached hydrogens (primary N) is 1. The van der Waals surface area contributed by atoms with E-state index in [1.807, 2.05) is 6.92 Å². The Kier molecular flexibility index (Phi) is 4.34. The van der Waals surface area contributed by atoms with E-state index in [1.54, 1.807) is 12.1 Å². The predicted molar refractivity (Wildman–Crippen MR) is 64.0 cm³/mol. The molecule has 0 bridgehead atoms. The summed E-state index contributed by atoms with van der Waals surface area (Å²) in [6.45, 7) is 2.33. The first kappa shape index (κ1) is 13.3. The summed E-state index contributed by atoms with van der Waals surface area (Å²) in [6.07, 6.45) is 0. The normalized spacial score (nSPS) is 12.0. The molecule has 0 fully saturated rings. The minimum Gasteiger partial charge on any atom is -0.496 e. The predicted octanol–water partition coefficient (Wildman–Crippen LogP) is 1.46. The summed E-state index contributed by atoms with van der Waals surface area (Å²) in [5.74, 6) is -0.143. The zero-order chi connectivity index (χ0) is 13.0. The van der Waals surface area contributed by atoms with E-state index in [2.05, 4.69) is 0 Å². The molecule has 0 amide bonds. The third-order valence-corrected chi connectivity index (χ3v) is 2.67. The highest BCUT2D eigenvalue weighted by atomic mass is 16.5. The first-order chi connectivity index (χ1) is 8.04. The zero-order valence-corrected chi connectivity index (χ0v) is 10.2. The standard InChI is InChI=1S/C12H17NO4/c1-7(6-13)8-4-9(12(14)15)11(17-3)5-10(8)16-2/h4-5,7H,6,13H2,1-3H3,(H,14,15). The van der Waals surface area contributed by atoms with Crippen LogP contribution in [-0.4, -0.2) is 31.8 Å². The first-order valence-electron chi connectivity index (χ1n) is 5.24. The molecule has 0 aliphatic heterocycles. The van der Waals surface area contributed by atoms with Gasteiger partial charge >= 0.3 is 5.97 Å². The fraction of sp³-hybridized carbons (Fsp3) is 0.417. The van der Waals surface area contributed by atoms with Crippen LogP contribution >= 0.6 is 0 Å². The average Bonchev–Trinajstić information content (AvgIpc) is 2.35. The van der Waals surface area contributed by atoms with Crippen LogP contribution in [0.3, 0.4) is 0 Å². The number of carbonyl (C=O) groups is 1. The van der Waals surface area contributed by atoms with E-state index in [-0.39, 0.29) is 17.2 Å². The van der Waals surface area contributed by atoms with Crippen molar-refractivity contribution in [2.24, 2.45) is 5.73 Å². The number of hydrogen-bond acceptors (Lipinski definition) is 4. The Hall–Kier alpha value is -1.75. The zero-order valence-electron chi connectivity index (χ0n) is 10.2. The van der Waals surface area contributed by atoms with Crippen molar-refractivity contribution in [2.45, 2.75) is 12.8 Å². The van der Waals surface area contributed by atoms with E-state index in [0.29, 0.717) is 12.3 Å². The van der Waals surface area contributed by atoms with Crippen LogP contribution in [0.4, 0.5) is 0 Å². The Morgan fingerprint density at radius 3 is 2.35 bits per heavy atom. The number of aromatic carboxylic acids is 1. The van der Waals surface area contributed by atoms with Crippen LogP contribution in [0.2, 0.25) is 0 Å². The van der Waals surface area contributed by atoms with Crippen LogP contribution in [0.15, 0.2) is 12.1 Å². The molecule has 3 N–H and O–H groups in total. The minimum atomic E-state index is -1.03. The van der Waals surface area contributed by atoms with Gasteiger partial charge in [-0.3, -0.25) is 0 Å². The highest BCUT2D eigenvalue weighted by Gasteiger charge is 2.18. The number of methoxy groups -OCH3 is 2. The third kappa shape index (κ3) is 2.68. The molecule has 0 aliphatic carbocycles. The second kappa shape index (κ2) is 5.54. The van der Waals surface area contributed by atoms with Crippen LogP contribution < -0.4 is 15.2 Å². The van der Waals surface area contributed by atoms with Gasteiger partial charge in [-0.05, 0) is 24.1 Å². The van der Waals surface area contributed by atoms with Crippen LogP contribution in [0.1, 0.15) is 28.8 Å². The largest absolute Gasteiger partial charge is 0.496 e. The number of rotatable bonds is 5. The van der Waals surface area contributed by atoms with Gasteiger partial charge in [0.25, 0.3) is 0 Å². The van der Waals surface area contributed by atoms with E-state index < -0.39 is 5.97 Å². The topological polar surface area (TPSA) is 81.8 Å². The molecule has 0 aliphatic rings. The molecule has 0 aromatic heterocycles. The van der Waals surface area contributed by atoms with Crippen molar-refractivity contribution in [3.8, 4) is 11.5 Å². The van der Waals surface area contributed by atoms with E-state index in [9.17, 15) is 4.79 Å². The molecule has 0 saturated carbocycles. The maximum Gasteiger partial charge on any atom is 0.339 e. The van der Waals surface area contributed by atoms with Crippen molar-refractivity contribution in [3.63, 3.8) is 0 Å². The van der Waals surface area contributed by atoms with Gasteiger partial charge in [-0.25, -0.2) is 4.79 Å². The summed E-state index contributed by atoms with van der Waals surface area (Å²) in [5.41, 5.74) is 6.48. The van der Waals surface area contributed by atoms with Gasteiger partial charge in [0.05, 0.1) is 14.2 Å². The molecule has 5 nitrogen and oxygen atoms in total. The van der Waals surface area contributed by atoms with Gasteiger partial charge in [0.15, 0.2) is 0 Å². The number of carboxylic acid groups (broad SMARTS) is 1. The van der Waals surface area contributed by atoms with Crippen molar-refractivity contribution in [2.75, 3.05) is 20.8 Å². The number of hydrogen-bond donors (Lipinski definition) is 2. The van der Waals surface area contributed by atoms with Crippen molar-refractivity contribution in [1.82, 2.24) is 0 Å². The highest BCUT2D eigenvalue weighted by molar-refractivity contribution is 5.91. The molecule has 1 unspecified atom stereocenters. The molecule has 0 saturated heterocycles. The van der Waals surface area contributed by atoms with Crippen LogP contribution in [0.25, 0.3) is 0 Å². The molecule has 1 rings (SSSR count). The lowest BCUT2D eigenvalue weighted by Crippen LogP contribution is -2.12. The molecule has 94 valence electrons. The molecule has 0 radical (unpaired) electrons. The summed E-state index contributed by atoms with van der Waals surface area (Å²) in [7, 11) is 2.95. The highest BCUT2D eigenvalue weighted by Crippen LogP contribution is 2.33. The lowest BCUT2D eigenvalue weighted by atomic mass is 9.97. The first-order valence-corrected chi connectivity index (χ1v) is 5.24. The SMILES string of the molecule is COc1cc(OC)c(C(C)CN)cc1C(=O)O. The van der Waals surface area contributed by atoms with Gasteiger partial charge in [-0.15, -0.1) is 0 Å². The monoisotopic (exact) mass is 239 g/mol. The van der Waals surface area contributed by atoms with Crippen LogP contribution in [0, 0.1) is 0 Å². The molecule has 1 aromatic rings. The molecule has 17 heavy (non-hydrogen) atoms. The number of benzene rings is 1. The van der Waals surface area contributed by atoms with E-state index >= 15 is 0 Å². The fourth-order valence-corrected chi connectivity index (χ4v) is 1.60. The molecular weight excluding hydrogens is 222 g/mol. The molecule has 1 atom stereocenters. The van der Waals surface area contributed by atoms with Gasteiger partial charge in [-0.2, -0.15) is 0 Å². The molecule has 1 aromatic carbocycles. The van der Waals surface area contributed by atoms with Gasteiger partial charge in [0, 0.05) is 6.07 Å². The second-order valence-corrected chi connectivity index (χ2v) is 3.74. The molecule has 0 spiro atoms. The molecular formula is C12H17NO4. The number of carboxylic acids is 1. The summed E-state index contributed by atoms with van der Waals surface area (Å²) >= 11 is 0. The second-order valence-electron chi connectivity index (χ2n) is 3.74. The Labute approximate surface area is 100 Å². The maximum absolute atomic E-state index is 11.1. The van der Waals surface area contributed by atoms with Crippen LogP contribution in [0.5, 0.6) is 11.5 Å². The number of ether oxygens (including phenoxy) is 2. The third-order valence-electron chi connectivity index (χ3n) is 2.67.